The number of carboxylic acid groups (broad SMARTS) is 1. The SMILES string of the molecule is CC(=Nc1c(C(C)C)cccc1C(C)C)C(CC(=O)O)C(C)=Nc1c(C(C)C)cccc1C(C)C. The summed E-state index contributed by atoms with van der Waals surface area (Å²) in [4.78, 5) is 22.1. The zero-order valence-corrected chi connectivity index (χ0v) is 23.3. The Bertz CT molecular complexity index is 959. The van der Waals surface area contributed by atoms with Gasteiger partial charge in [-0.15, -0.1) is 0 Å². The standard InChI is InChI=1S/C31H44N2O2/c1-18(2)24-13-11-14-25(19(3)4)30(24)32-22(9)28(17-29(34)35)23(10)33-31-26(20(5)6)15-12-16-27(31)21(7)8/h11-16,18-21,28H,17H2,1-10H3,(H,34,35). The minimum absolute atomic E-state index is 0.0353. The average molecular weight is 477 g/mol. The first-order chi connectivity index (χ1) is 16.3. The van der Waals surface area contributed by atoms with E-state index >= 15 is 0 Å². The summed E-state index contributed by atoms with van der Waals surface area (Å²) >= 11 is 0. The second-order valence-electron chi connectivity index (χ2n) is 10.8. The molecule has 0 spiro atoms. The molecule has 0 saturated heterocycles. The fourth-order valence-corrected chi connectivity index (χ4v) is 4.56. The third kappa shape index (κ3) is 7.13. The summed E-state index contributed by atoms with van der Waals surface area (Å²) in [5.41, 5.74) is 8.27. The van der Waals surface area contributed by atoms with Crippen molar-refractivity contribution in [3.63, 3.8) is 0 Å². The number of aliphatic imine (C=N–C) groups is 2. The van der Waals surface area contributed by atoms with E-state index in [0.717, 1.165) is 22.8 Å². The Hall–Kier alpha value is -2.75. The summed E-state index contributed by atoms with van der Waals surface area (Å²) in [6.07, 6.45) is -0.0353. The van der Waals surface area contributed by atoms with Crippen molar-refractivity contribution < 1.29 is 9.90 Å². The van der Waals surface area contributed by atoms with Crippen LogP contribution in [0.3, 0.4) is 0 Å². The van der Waals surface area contributed by atoms with Crippen molar-refractivity contribution in [2.24, 2.45) is 15.9 Å². The summed E-state index contributed by atoms with van der Waals surface area (Å²) in [7, 11) is 0. The van der Waals surface area contributed by atoms with Crippen LogP contribution in [0.5, 0.6) is 0 Å². The topological polar surface area (TPSA) is 62.0 Å². The van der Waals surface area contributed by atoms with Gasteiger partial charge in [-0.25, -0.2) is 0 Å². The molecule has 0 bridgehead atoms. The van der Waals surface area contributed by atoms with Gasteiger partial charge in [-0.05, 0) is 59.8 Å². The summed E-state index contributed by atoms with van der Waals surface area (Å²) in [6.45, 7) is 21.3. The molecule has 0 aromatic heterocycles. The van der Waals surface area contributed by atoms with Gasteiger partial charge in [0.1, 0.15) is 0 Å². The Morgan fingerprint density at radius 2 is 0.943 bits per heavy atom. The van der Waals surface area contributed by atoms with Gasteiger partial charge in [0.15, 0.2) is 0 Å². The lowest BCUT2D eigenvalue weighted by molar-refractivity contribution is -0.137. The Morgan fingerprint density at radius 1 is 0.657 bits per heavy atom. The lowest BCUT2D eigenvalue weighted by Crippen LogP contribution is -2.23. The molecule has 0 heterocycles. The Labute approximate surface area is 212 Å². The van der Waals surface area contributed by atoms with Gasteiger partial charge in [0, 0.05) is 17.3 Å². The fraction of sp³-hybridized carbons (Fsp3) is 0.516. The van der Waals surface area contributed by atoms with E-state index in [4.69, 9.17) is 9.98 Å². The van der Waals surface area contributed by atoms with Gasteiger partial charge in [0.2, 0.25) is 0 Å². The smallest absolute Gasteiger partial charge is 0.304 e. The number of carbonyl (C=O) groups is 1. The zero-order valence-electron chi connectivity index (χ0n) is 23.3. The van der Waals surface area contributed by atoms with Crippen molar-refractivity contribution in [3.8, 4) is 0 Å². The van der Waals surface area contributed by atoms with Gasteiger partial charge in [-0.3, -0.25) is 14.8 Å². The van der Waals surface area contributed by atoms with Crippen LogP contribution in [0.25, 0.3) is 0 Å². The quantitative estimate of drug-likeness (QED) is 0.347. The monoisotopic (exact) mass is 476 g/mol. The van der Waals surface area contributed by atoms with E-state index in [1.165, 1.54) is 22.3 Å². The Morgan fingerprint density at radius 3 is 1.17 bits per heavy atom. The van der Waals surface area contributed by atoms with Gasteiger partial charge in [-0.2, -0.15) is 0 Å². The molecule has 2 aromatic carbocycles. The largest absolute Gasteiger partial charge is 0.481 e. The molecule has 0 aliphatic carbocycles. The van der Waals surface area contributed by atoms with Crippen LogP contribution in [0, 0.1) is 5.92 Å². The first-order valence-corrected chi connectivity index (χ1v) is 12.9. The maximum absolute atomic E-state index is 11.9. The van der Waals surface area contributed by atoms with Gasteiger partial charge >= 0.3 is 5.97 Å². The van der Waals surface area contributed by atoms with Crippen LogP contribution in [-0.4, -0.2) is 22.5 Å². The molecule has 0 aliphatic rings. The summed E-state index contributed by atoms with van der Waals surface area (Å²) in [6, 6.07) is 12.7. The average Bonchev–Trinajstić information content (AvgIpc) is 2.76. The third-order valence-corrected chi connectivity index (χ3v) is 6.65. The predicted octanol–water partition coefficient (Wildman–Crippen LogP) is 9.16. The van der Waals surface area contributed by atoms with E-state index in [-0.39, 0.29) is 12.3 Å². The Balaban J connectivity index is 2.71. The number of rotatable bonds is 10. The van der Waals surface area contributed by atoms with Crippen molar-refractivity contribution >= 4 is 28.8 Å². The van der Waals surface area contributed by atoms with E-state index < -0.39 is 5.97 Å². The highest BCUT2D eigenvalue weighted by atomic mass is 16.4. The molecule has 4 heteroatoms. The molecule has 0 saturated carbocycles. The van der Waals surface area contributed by atoms with Crippen molar-refractivity contribution in [2.45, 2.75) is 99.3 Å². The molecule has 0 unspecified atom stereocenters. The van der Waals surface area contributed by atoms with Crippen LogP contribution in [0.4, 0.5) is 11.4 Å². The van der Waals surface area contributed by atoms with Gasteiger partial charge in [-0.1, -0.05) is 91.8 Å². The minimum Gasteiger partial charge on any atom is -0.481 e. The molecule has 0 amide bonds. The number of nitrogens with zero attached hydrogens (tertiary/aromatic N) is 2. The predicted molar refractivity (Wildman–Crippen MR) is 151 cm³/mol. The van der Waals surface area contributed by atoms with E-state index in [0.29, 0.717) is 23.7 Å². The summed E-state index contributed by atoms with van der Waals surface area (Å²) < 4.78 is 0. The minimum atomic E-state index is -0.846. The number of para-hydroxylation sites is 2. The lowest BCUT2D eigenvalue weighted by Gasteiger charge is -2.21. The molecule has 190 valence electrons. The molecule has 0 atom stereocenters. The highest BCUT2D eigenvalue weighted by molar-refractivity contribution is 6.09. The second-order valence-corrected chi connectivity index (χ2v) is 10.8. The molecule has 2 rings (SSSR count). The number of hydrogen-bond donors (Lipinski definition) is 1. The summed E-state index contributed by atoms with van der Waals surface area (Å²) in [5, 5.41) is 9.78. The third-order valence-electron chi connectivity index (χ3n) is 6.65. The van der Waals surface area contributed by atoms with Crippen LogP contribution in [0.15, 0.2) is 46.4 Å². The summed E-state index contributed by atoms with van der Waals surface area (Å²) in [5.74, 6) is 0.0485. The number of carboxylic acids is 1. The first-order valence-electron chi connectivity index (χ1n) is 12.9. The highest BCUT2D eigenvalue weighted by Crippen LogP contribution is 2.37. The molecular weight excluding hydrogens is 432 g/mol. The zero-order chi connectivity index (χ0) is 26.4. The van der Waals surface area contributed by atoms with Crippen molar-refractivity contribution in [3.05, 3.63) is 58.7 Å². The van der Waals surface area contributed by atoms with Crippen LogP contribution in [0.1, 0.15) is 122 Å². The molecular formula is C31H44N2O2. The van der Waals surface area contributed by atoms with E-state index in [1.54, 1.807) is 0 Å². The maximum Gasteiger partial charge on any atom is 0.304 e. The molecule has 2 aromatic rings. The molecule has 0 aliphatic heterocycles. The van der Waals surface area contributed by atoms with Crippen molar-refractivity contribution in [1.29, 1.82) is 0 Å². The van der Waals surface area contributed by atoms with Crippen LogP contribution in [0.2, 0.25) is 0 Å². The first kappa shape index (κ1) is 28.5. The van der Waals surface area contributed by atoms with Crippen molar-refractivity contribution in [1.82, 2.24) is 0 Å². The van der Waals surface area contributed by atoms with Crippen LogP contribution < -0.4 is 0 Å². The van der Waals surface area contributed by atoms with Gasteiger partial charge in [0.05, 0.1) is 17.8 Å². The number of aliphatic carboxylic acids is 1. The van der Waals surface area contributed by atoms with Crippen LogP contribution in [-0.2, 0) is 4.79 Å². The molecule has 35 heavy (non-hydrogen) atoms. The maximum atomic E-state index is 11.9. The second kappa shape index (κ2) is 12.3. The lowest BCUT2D eigenvalue weighted by atomic mass is 9.90. The van der Waals surface area contributed by atoms with Crippen LogP contribution >= 0.6 is 0 Å². The molecule has 1 N–H and O–H groups in total. The van der Waals surface area contributed by atoms with Crippen molar-refractivity contribution in [2.75, 3.05) is 0 Å². The number of benzene rings is 2. The van der Waals surface area contributed by atoms with E-state index in [2.05, 4.69) is 91.8 Å². The number of hydrogen-bond acceptors (Lipinski definition) is 3. The van der Waals surface area contributed by atoms with E-state index in [9.17, 15) is 9.90 Å². The fourth-order valence-electron chi connectivity index (χ4n) is 4.56. The highest BCUT2D eigenvalue weighted by Gasteiger charge is 2.23. The molecule has 4 nitrogen and oxygen atoms in total. The Kier molecular flexibility index (Phi) is 10.00. The molecule has 0 radical (unpaired) electrons. The molecule has 0 fully saturated rings. The van der Waals surface area contributed by atoms with Gasteiger partial charge < -0.3 is 5.11 Å². The van der Waals surface area contributed by atoms with E-state index in [1.807, 2.05) is 13.8 Å². The normalized spacial score (nSPS) is 13.9. The van der Waals surface area contributed by atoms with Gasteiger partial charge in [0.25, 0.3) is 0 Å².